The van der Waals surface area contributed by atoms with E-state index in [0.717, 1.165) is 32.7 Å². The molecule has 0 radical (unpaired) electrons. The van der Waals surface area contributed by atoms with Crippen LogP contribution in [0.4, 0.5) is 0 Å². The van der Waals surface area contributed by atoms with E-state index in [1.807, 2.05) is 24.3 Å². The van der Waals surface area contributed by atoms with Crippen LogP contribution in [0, 0.1) is 13.8 Å². The molecule has 0 fully saturated rings. The van der Waals surface area contributed by atoms with E-state index in [1.54, 1.807) is 7.11 Å². The molecule has 0 bridgehead atoms. The van der Waals surface area contributed by atoms with E-state index < -0.39 is 0 Å². The first-order chi connectivity index (χ1) is 12.1. The molecule has 1 aliphatic rings. The van der Waals surface area contributed by atoms with E-state index in [4.69, 9.17) is 9.73 Å². The van der Waals surface area contributed by atoms with Gasteiger partial charge in [0, 0.05) is 29.7 Å². The van der Waals surface area contributed by atoms with Crippen LogP contribution >= 0.6 is 0 Å². The van der Waals surface area contributed by atoms with Gasteiger partial charge in [0.05, 0.1) is 28.9 Å². The van der Waals surface area contributed by atoms with Gasteiger partial charge in [-0.3, -0.25) is 0 Å². The van der Waals surface area contributed by atoms with E-state index >= 15 is 0 Å². The molecule has 0 saturated carbocycles. The Morgan fingerprint density at radius 1 is 1.16 bits per heavy atom. The number of aryl methyl sites for hydroxylation is 2. The van der Waals surface area contributed by atoms with Crippen LogP contribution in [-0.4, -0.2) is 16.7 Å². The van der Waals surface area contributed by atoms with Gasteiger partial charge in [0.2, 0.25) is 0 Å². The summed E-state index contributed by atoms with van der Waals surface area (Å²) in [5.74, 6) is 0.820. The molecule has 1 aromatic carbocycles. The van der Waals surface area contributed by atoms with Crippen molar-refractivity contribution in [3.63, 3.8) is 0 Å². The summed E-state index contributed by atoms with van der Waals surface area (Å²) in [5, 5.41) is 4.06. The molecule has 1 N–H and O–H groups in total. The average Bonchev–Trinajstić information content (AvgIpc) is 3.27. The first-order valence-corrected chi connectivity index (χ1v) is 8.34. The van der Waals surface area contributed by atoms with E-state index in [1.165, 1.54) is 17.0 Å². The highest BCUT2D eigenvalue weighted by Gasteiger charge is 2.08. The number of fused-ring (bicyclic) bond motifs is 1. The van der Waals surface area contributed by atoms with E-state index in [9.17, 15) is 0 Å². The minimum absolute atomic E-state index is 0.820. The molecule has 126 valence electrons. The zero-order valence-electron chi connectivity index (χ0n) is 14.9. The van der Waals surface area contributed by atoms with Crippen molar-refractivity contribution >= 4 is 17.8 Å². The number of benzene rings is 1. The zero-order chi connectivity index (χ0) is 17.6. The Balaban J connectivity index is 1.94. The lowest BCUT2D eigenvalue weighted by molar-refractivity contribution is 0.412. The fourth-order valence-corrected chi connectivity index (χ4v) is 3.31. The standard InChI is InChI=1S/C21H21N3O/c1-13-9-14(2)24(3)20(13)11-19-21(25-4)12-18(23-19)17-10-15-7-5-6-8-16(15)22-17/h5-12,23H,1-4H3/b18-17?,19-11-. The minimum atomic E-state index is 0.820. The van der Waals surface area contributed by atoms with E-state index in [-0.39, 0.29) is 0 Å². The SMILES string of the molecule is COc1cc(=C2C=c3ccccc3=N2)[nH]/c1=C\c1c(C)cc(C)n1C. The summed E-state index contributed by atoms with van der Waals surface area (Å²) in [6, 6.07) is 12.3. The second-order valence-electron chi connectivity index (χ2n) is 6.42. The monoisotopic (exact) mass is 331 g/mol. The molecule has 0 saturated heterocycles. The normalized spacial score (nSPS) is 15.8. The molecule has 2 aromatic heterocycles. The number of hydrogen-bond acceptors (Lipinski definition) is 2. The molecule has 0 aliphatic carbocycles. The molecule has 3 aromatic rings. The van der Waals surface area contributed by atoms with Crippen molar-refractivity contribution in [1.29, 1.82) is 0 Å². The van der Waals surface area contributed by atoms with Crippen molar-refractivity contribution in [3.05, 3.63) is 74.6 Å². The van der Waals surface area contributed by atoms with E-state index in [2.05, 4.69) is 54.7 Å². The lowest BCUT2D eigenvalue weighted by Crippen LogP contribution is -2.19. The van der Waals surface area contributed by atoms with Crippen molar-refractivity contribution < 1.29 is 4.74 Å². The van der Waals surface area contributed by atoms with Crippen LogP contribution in [0.1, 0.15) is 17.0 Å². The van der Waals surface area contributed by atoms with Gasteiger partial charge in [-0.1, -0.05) is 18.2 Å². The van der Waals surface area contributed by atoms with Gasteiger partial charge in [-0.15, -0.1) is 0 Å². The molecule has 0 unspecified atom stereocenters. The van der Waals surface area contributed by atoms with E-state index in [0.29, 0.717) is 0 Å². The van der Waals surface area contributed by atoms with Crippen LogP contribution in [0.15, 0.2) is 41.4 Å². The molecular weight excluding hydrogens is 310 g/mol. The maximum absolute atomic E-state index is 5.58. The maximum atomic E-state index is 5.58. The van der Waals surface area contributed by atoms with Gasteiger partial charge in [-0.25, -0.2) is 4.99 Å². The molecular formula is C21H21N3O. The second-order valence-corrected chi connectivity index (χ2v) is 6.42. The Labute approximate surface area is 146 Å². The summed E-state index contributed by atoms with van der Waals surface area (Å²) in [6.45, 7) is 4.24. The zero-order valence-corrected chi connectivity index (χ0v) is 14.9. The highest BCUT2D eigenvalue weighted by atomic mass is 16.5. The molecule has 3 heterocycles. The van der Waals surface area contributed by atoms with Crippen LogP contribution in [0.3, 0.4) is 0 Å². The molecule has 1 aliphatic heterocycles. The number of ether oxygens (including phenoxy) is 1. The molecule has 4 nitrogen and oxygen atoms in total. The van der Waals surface area contributed by atoms with Crippen LogP contribution in [-0.2, 0) is 7.05 Å². The van der Waals surface area contributed by atoms with Crippen LogP contribution < -0.4 is 26.0 Å². The number of aromatic amines is 1. The number of hydrogen-bond donors (Lipinski definition) is 1. The molecule has 0 atom stereocenters. The number of nitrogens with one attached hydrogen (secondary N) is 1. The maximum Gasteiger partial charge on any atom is 0.144 e. The van der Waals surface area contributed by atoms with Crippen molar-refractivity contribution in [2.75, 3.05) is 7.11 Å². The first kappa shape index (κ1) is 15.5. The number of H-pyrrole nitrogens is 1. The van der Waals surface area contributed by atoms with Crippen molar-refractivity contribution in [2.24, 2.45) is 12.0 Å². The Morgan fingerprint density at radius 3 is 2.64 bits per heavy atom. The van der Waals surface area contributed by atoms with Crippen LogP contribution in [0.5, 0.6) is 5.75 Å². The highest BCUT2D eigenvalue weighted by Crippen LogP contribution is 2.14. The Morgan fingerprint density at radius 2 is 1.96 bits per heavy atom. The smallest absolute Gasteiger partial charge is 0.144 e. The van der Waals surface area contributed by atoms with Gasteiger partial charge < -0.3 is 14.3 Å². The van der Waals surface area contributed by atoms with Gasteiger partial charge in [-0.2, -0.15) is 0 Å². The summed E-state index contributed by atoms with van der Waals surface area (Å²) < 4.78 is 7.77. The minimum Gasteiger partial charge on any atom is -0.494 e. The predicted molar refractivity (Wildman–Crippen MR) is 100 cm³/mol. The first-order valence-electron chi connectivity index (χ1n) is 8.34. The molecule has 4 rings (SSSR count). The van der Waals surface area contributed by atoms with Gasteiger partial charge in [0.1, 0.15) is 5.75 Å². The number of methoxy groups -OCH3 is 1. The number of nitrogens with zero attached hydrogens (tertiary/aromatic N) is 2. The summed E-state index contributed by atoms with van der Waals surface area (Å²) in [7, 11) is 3.78. The molecule has 25 heavy (non-hydrogen) atoms. The summed E-state index contributed by atoms with van der Waals surface area (Å²) >= 11 is 0. The lowest BCUT2D eigenvalue weighted by atomic mass is 10.2. The van der Waals surface area contributed by atoms with Crippen LogP contribution in [0.25, 0.3) is 17.8 Å². The summed E-state index contributed by atoms with van der Waals surface area (Å²) in [6.07, 6.45) is 4.23. The van der Waals surface area contributed by atoms with Gasteiger partial charge in [0.15, 0.2) is 0 Å². The Bertz CT molecular complexity index is 1170. The number of rotatable bonds is 2. The lowest BCUT2D eigenvalue weighted by Gasteiger charge is -2.01. The van der Waals surface area contributed by atoms with Gasteiger partial charge in [-0.05, 0) is 43.7 Å². The Kier molecular flexibility index (Phi) is 3.61. The highest BCUT2D eigenvalue weighted by molar-refractivity contribution is 5.76. The van der Waals surface area contributed by atoms with Gasteiger partial charge in [0.25, 0.3) is 0 Å². The molecule has 0 amide bonds. The average molecular weight is 331 g/mol. The third kappa shape index (κ3) is 2.60. The second kappa shape index (κ2) is 5.81. The summed E-state index contributed by atoms with van der Waals surface area (Å²) in [4.78, 5) is 8.18. The van der Waals surface area contributed by atoms with Crippen molar-refractivity contribution in [3.8, 4) is 5.75 Å². The van der Waals surface area contributed by atoms with Crippen molar-refractivity contribution in [2.45, 2.75) is 13.8 Å². The fraction of sp³-hybridized carbons (Fsp3) is 0.190. The fourth-order valence-electron chi connectivity index (χ4n) is 3.31. The quantitative estimate of drug-likeness (QED) is 0.749. The number of para-hydroxylation sites is 1. The van der Waals surface area contributed by atoms with Crippen LogP contribution in [0.2, 0.25) is 0 Å². The Hall–Kier alpha value is -3.01. The van der Waals surface area contributed by atoms with Gasteiger partial charge >= 0.3 is 0 Å². The molecule has 0 spiro atoms. The molecule has 4 heteroatoms. The topological polar surface area (TPSA) is 42.3 Å². The predicted octanol–water partition coefficient (Wildman–Crippen LogP) is 1.03. The third-order valence-electron chi connectivity index (χ3n) is 4.78. The number of aromatic nitrogens is 2. The largest absolute Gasteiger partial charge is 0.494 e. The third-order valence-corrected chi connectivity index (χ3v) is 4.78. The summed E-state index contributed by atoms with van der Waals surface area (Å²) in [5.41, 5.74) is 4.58. The van der Waals surface area contributed by atoms with Crippen molar-refractivity contribution in [1.82, 2.24) is 9.55 Å².